The van der Waals surface area contributed by atoms with Crippen LogP contribution in [0.15, 0.2) is 12.1 Å². The van der Waals surface area contributed by atoms with Crippen LogP contribution in [-0.2, 0) is 0 Å². The molecule has 0 unspecified atom stereocenters. The molecule has 4 heteroatoms. The lowest BCUT2D eigenvalue weighted by molar-refractivity contribution is 1.10. The van der Waals surface area contributed by atoms with E-state index >= 15 is 0 Å². The molecule has 0 atom stereocenters. The maximum Gasteiger partial charge on any atom is 0.188 e. The number of aromatic amines is 1. The van der Waals surface area contributed by atoms with Gasteiger partial charge in [-0.25, -0.2) is 4.98 Å². The zero-order valence-corrected chi connectivity index (χ0v) is 6.50. The van der Waals surface area contributed by atoms with Crippen LogP contribution < -0.4 is 0 Å². The lowest BCUT2D eigenvalue weighted by atomic mass is 10.3. The average Bonchev–Trinajstić information content (AvgIpc) is 2.46. The molecule has 0 saturated heterocycles. The van der Waals surface area contributed by atoms with Crippen molar-refractivity contribution in [2.75, 3.05) is 0 Å². The highest BCUT2D eigenvalue weighted by atomic mass is 15.1. The Labute approximate surface area is 68.9 Å². The normalized spacial score (nSPS) is 10.0. The van der Waals surface area contributed by atoms with E-state index in [-0.39, 0.29) is 0 Å². The van der Waals surface area contributed by atoms with Crippen LogP contribution in [0.4, 0.5) is 0 Å². The van der Waals surface area contributed by atoms with E-state index in [1.165, 1.54) is 0 Å². The number of H-pyrrole nitrogens is 1. The van der Waals surface area contributed by atoms with E-state index in [9.17, 15) is 0 Å². The lowest BCUT2D eigenvalue weighted by Crippen LogP contribution is -1.81. The van der Waals surface area contributed by atoms with Crippen LogP contribution in [0.1, 0.15) is 11.4 Å². The van der Waals surface area contributed by atoms with Crippen molar-refractivity contribution in [3.8, 4) is 6.07 Å². The molecule has 2 rings (SSSR count). The van der Waals surface area contributed by atoms with E-state index in [0.717, 1.165) is 11.2 Å². The van der Waals surface area contributed by atoms with Gasteiger partial charge in [-0.2, -0.15) is 10.4 Å². The summed E-state index contributed by atoms with van der Waals surface area (Å²) in [6.07, 6.45) is 0. The first-order chi connectivity index (χ1) is 5.81. The SMILES string of the molecule is Cc1ccc2[nH]nc(C#N)c2n1. The van der Waals surface area contributed by atoms with Gasteiger partial charge in [0.2, 0.25) is 0 Å². The van der Waals surface area contributed by atoms with Crippen LogP contribution in [-0.4, -0.2) is 15.2 Å². The van der Waals surface area contributed by atoms with Gasteiger partial charge in [-0.1, -0.05) is 0 Å². The van der Waals surface area contributed by atoms with E-state index < -0.39 is 0 Å². The smallest absolute Gasteiger partial charge is 0.188 e. The summed E-state index contributed by atoms with van der Waals surface area (Å²) >= 11 is 0. The lowest BCUT2D eigenvalue weighted by Gasteiger charge is -1.89. The Balaban J connectivity index is 2.86. The van der Waals surface area contributed by atoms with Crippen LogP contribution in [0.5, 0.6) is 0 Å². The summed E-state index contributed by atoms with van der Waals surface area (Å²) in [4.78, 5) is 4.19. The highest BCUT2D eigenvalue weighted by Crippen LogP contribution is 2.12. The minimum atomic E-state index is 0.355. The molecular weight excluding hydrogens is 152 g/mol. The van der Waals surface area contributed by atoms with Crippen LogP contribution >= 0.6 is 0 Å². The number of pyridine rings is 1. The van der Waals surface area contributed by atoms with Crippen molar-refractivity contribution in [3.05, 3.63) is 23.5 Å². The molecule has 0 fully saturated rings. The Bertz CT molecular complexity index is 463. The fraction of sp³-hybridized carbons (Fsp3) is 0.125. The molecule has 2 aromatic rings. The second-order valence-electron chi connectivity index (χ2n) is 2.53. The minimum Gasteiger partial charge on any atom is -0.275 e. The monoisotopic (exact) mass is 158 g/mol. The van der Waals surface area contributed by atoms with Gasteiger partial charge < -0.3 is 0 Å². The summed E-state index contributed by atoms with van der Waals surface area (Å²) in [6.45, 7) is 1.88. The average molecular weight is 158 g/mol. The number of nitrogens with zero attached hydrogens (tertiary/aromatic N) is 3. The second-order valence-corrected chi connectivity index (χ2v) is 2.53. The molecule has 0 aromatic carbocycles. The molecule has 0 aliphatic rings. The van der Waals surface area contributed by atoms with Crippen molar-refractivity contribution in [1.82, 2.24) is 15.2 Å². The van der Waals surface area contributed by atoms with Crippen molar-refractivity contribution in [1.29, 1.82) is 5.26 Å². The second kappa shape index (κ2) is 2.31. The Hall–Kier alpha value is -1.89. The molecule has 0 aliphatic carbocycles. The standard InChI is InChI=1S/C8H6N4/c1-5-2-3-6-8(10-5)7(4-9)12-11-6/h2-3H,1H3,(H,11,12). The van der Waals surface area contributed by atoms with Crippen LogP contribution in [0.25, 0.3) is 11.0 Å². The number of hydrogen-bond acceptors (Lipinski definition) is 3. The summed E-state index contributed by atoms with van der Waals surface area (Å²) in [7, 11) is 0. The number of fused-ring (bicyclic) bond motifs is 1. The molecule has 0 amide bonds. The maximum absolute atomic E-state index is 8.64. The molecule has 12 heavy (non-hydrogen) atoms. The molecule has 2 aromatic heterocycles. The van der Waals surface area contributed by atoms with Crippen LogP contribution in [0.3, 0.4) is 0 Å². The first kappa shape index (κ1) is 6.80. The van der Waals surface area contributed by atoms with E-state index in [0.29, 0.717) is 11.2 Å². The molecule has 58 valence electrons. The van der Waals surface area contributed by atoms with Gasteiger partial charge in [-0.3, -0.25) is 5.10 Å². The van der Waals surface area contributed by atoms with Gasteiger partial charge in [0.15, 0.2) is 5.69 Å². The summed E-state index contributed by atoms with van der Waals surface area (Å²) < 4.78 is 0. The summed E-state index contributed by atoms with van der Waals surface area (Å²) in [6, 6.07) is 5.72. The topological polar surface area (TPSA) is 65.4 Å². The van der Waals surface area contributed by atoms with E-state index in [1.54, 1.807) is 0 Å². The zero-order valence-electron chi connectivity index (χ0n) is 6.50. The van der Waals surface area contributed by atoms with E-state index in [2.05, 4.69) is 15.2 Å². The third-order valence-electron chi connectivity index (χ3n) is 1.65. The fourth-order valence-electron chi connectivity index (χ4n) is 1.07. The fourth-order valence-corrected chi connectivity index (χ4v) is 1.07. The first-order valence-electron chi connectivity index (χ1n) is 3.53. The van der Waals surface area contributed by atoms with Gasteiger partial charge in [0.1, 0.15) is 11.6 Å². The molecule has 0 aliphatic heterocycles. The van der Waals surface area contributed by atoms with Gasteiger partial charge in [0, 0.05) is 5.69 Å². The first-order valence-corrected chi connectivity index (χ1v) is 3.53. The van der Waals surface area contributed by atoms with Crippen molar-refractivity contribution >= 4 is 11.0 Å². The summed E-state index contributed by atoms with van der Waals surface area (Å²) in [5.41, 5.74) is 2.70. The number of aryl methyl sites for hydroxylation is 1. The minimum absolute atomic E-state index is 0.355. The van der Waals surface area contributed by atoms with Gasteiger partial charge >= 0.3 is 0 Å². The molecule has 0 spiro atoms. The summed E-state index contributed by atoms with van der Waals surface area (Å²) in [5, 5.41) is 15.2. The number of aromatic nitrogens is 3. The Morgan fingerprint density at radius 1 is 1.50 bits per heavy atom. The molecule has 1 N–H and O–H groups in total. The quantitative estimate of drug-likeness (QED) is 0.625. The third-order valence-corrected chi connectivity index (χ3v) is 1.65. The Morgan fingerprint density at radius 2 is 2.33 bits per heavy atom. The molecule has 2 heterocycles. The summed E-state index contributed by atoms with van der Waals surface area (Å²) in [5.74, 6) is 0. The van der Waals surface area contributed by atoms with Crippen molar-refractivity contribution in [3.63, 3.8) is 0 Å². The predicted molar refractivity (Wildman–Crippen MR) is 43.3 cm³/mol. The van der Waals surface area contributed by atoms with Gasteiger partial charge in [0.05, 0.1) is 5.52 Å². The largest absolute Gasteiger partial charge is 0.275 e. The maximum atomic E-state index is 8.64. The van der Waals surface area contributed by atoms with Gasteiger partial charge in [-0.05, 0) is 19.1 Å². The van der Waals surface area contributed by atoms with Gasteiger partial charge in [-0.15, -0.1) is 0 Å². The van der Waals surface area contributed by atoms with Crippen molar-refractivity contribution in [2.45, 2.75) is 6.92 Å². The number of hydrogen-bond donors (Lipinski definition) is 1. The Morgan fingerprint density at radius 3 is 3.08 bits per heavy atom. The van der Waals surface area contributed by atoms with Crippen molar-refractivity contribution in [2.24, 2.45) is 0 Å². The van der Waals surface area contributed by atoms with Gasteiger partial charge in [0.25, 0.3) is 0 Å². The highest BCUT2D eigenvalue weighted by molar-refractivity contribution is 5.79. The number of nitriles is 1. The molecule has 0 bridgehead atoms. The Kier molecular flexibility index (Phi) is 1.31. The zero-order chi connectivity index (χ0) is 8.55. The molecule has 0 saturated carbocycles. The van der Waals surface area contributed by atoms with E-state index in [1.807, 2.05) is 25.1 Å². The van der Waals surface area contributed by atoms with Crippen LogP contribution in [0, 0.1) is 18.3 Å². The third kappa shape index (κ3) is 0.839. The highest BCUT2D eigenvalue weighted by Gasteiger charge is 2.04. The van der Waals surface area contributed by atoms with Crippen LogP contribution in [0.2, 0.25) is 0 Å². The number of rotatable bonds is 0. The predicted octanol–water partition coefficient (Wildman–Crippen LogP) is 1.14. The van der Waals surface area contributed by atoms with Crippen molar-refractivity contribution < 1.29 is 0 Å². The molecule has 4 nitrogen and oxygen atoms in total. The number of nitrogens with one attached hydrogen (secondary N) is 1. The molecule has 0 radical (unpaired) electrons. The molecular formula is C8H6N4. The van der Waals surface area contributed by atoms with E-state index in [4.69, 9.17) is 5.26 Å².